The van der Waals surface area contributed by atoms with E-state index in [0.29, 0.717) is 43.7 Å². The number of halogens is 2. The van der Waals surface area contributed by atoms with Gasteiger partial charge in [-0.05, 0) is 73.3 Å². The van der Waals surface area contributed by atoms with Crippen molar-refractivity contribution in [1.29, 1.82) is 0 Å². The summed E-state index contributed by atoms with van der Waals surface area (Å²) in [5.41, 5.74) is 8.64. The number of carbonyl (C=O) groups excluding carboxylic acids is 1. The Morgan fingerprint density at radius 1 is 1.04 bits per heavy atom. The van der Waals surface area contributed by atoms with Crippen LogP contribution in [-0.2, 0) is 38.7 Å². The number of aliphatic hydroxyl groups excluding tert-OH is 1. The number of rotatable bonds is 21. The van der Waals surface area contributed by atoms with Crippen LogP contribution in [0.25, 0.3) is 0 Å². The number of nitrogens with zero attached hydrogens (tertiary/aromatic N) is 1. The van der Waals surface area contributed by atoms with Gasteiger partial charge in [-0.15, -0.1) is 0 Å². The van der Waals surface area contributed by atoms with Gasteiger partial charge in [0, 0.05) is 25.2 Å². The van der Waals surface area contributed by atoms with E-state index in [4.69, 9.17) is 15.2 Å². The third-order valence-corrected chi connectivity index (χ3v) is 10.4. The number of hydrogen-bond donors (Lipinski definition) is 3. The van der Waals surface area contributed by atoms with Crippen LogP contribution >= 0.6 is 0 Å². The number of alkyl carbamates (subject to hydrolysis) is 1. The molecule has 12 heteroatoms. The fourth-order valence-corrected chi connectivity index (χ4v) is 7.44. The van der Waals surface area contributed by atoms with Crippen LogP contribution in [0.3, 0.4) is 0 Å². The Labute approximate surface area is 272 Å². The molecule has 2 aromatic carbocycles. The van der Waals surface area contributed by atoms with E-state index in [1.807, 2.05) is 45.0 Å². The predicted octanol–water partition coefficient (Wildman–Crippen LogP) is 5.08. The summed E-state index contributed by atoms with van der Waals surface area (Å²) in [4.78, 5) is 14.4. The topological polar surface area (TPSA) is 131 Å². The van der Waals surface area contributed by atoms with Crippen LogP contribution in [0.4, 0.5) is 13.6 Å². The van der Waals surface area contributed by atoms with Gasteiger partial charge in [-0.1, -0.05) is 57.9 Å². The summed E-state index contributed by atoms with van der Waals surface area (Å²) in [6, 6.07) is 10.2. The molecule has 1 aliphatic rings. The van der Waals surface area contributed by atoms with Crippen LogP contribution in [0.2, 0.25) is 0 Å². The monoisotopic (exact) mass is 667 g/mol. The first-order valence-corrected chi connectivity index (χ1v) is 18.1. The number of aryl methyl sites for hydroxylation is 1. The van der Waals surface area contributed by atoms with Gasteiger partial charge in [-0.25, -0.2) is 22.0 Å². The molecule has 0 spiro atoms. The molecule has 3 atom stereocenters. The number of carbonyl (C=O) groups is 1. The average molecular weight is 668 g/mol. The maximum Gasteiger partial charge on any atom is 0.409 e. The number of aliphatic hydroxyl groups is 1. The van der Waals surface area contributed by atoms with Crippen LogP contribution < -0.4 is 11.1 Å². The molecule has 0 saturated heterocycles. The lowest BCUT2D eigenvalue weighted by Gasteiger charge is -2.30. The zero-order valence-electron chi connectivity index (χ0n) is 27.3. The highest BCUT2D eigenvalue weighted by Crippen LogP contribution is 2.28. The number of benzene rings is 2. The number of nitrogens with two attached hydrogens (primary N) is 1. The summed E-state index contributed by atoms with van der Waals surface area (Å²) >= 11 is 0. The molecule has 3 rings (SSSR count). The van der Waals surface area contributed by atoms with E-state index in [1.54, 1.807) is 4.90 Å². The molecule has 1 aliphatic carbocycles. The molecule has 1 fully saturated rings. The summed E-state index contributed by atoms with van der Waals surface area (Å²) in [6.07, 6.45) is 2.19. The first-order chi connectivity index (χ1) is 21.9. The van der Waals surface area contributed by atoms with Crippen molar-refractivity contribution < 1.29 is 36.6 Å². The summed E-state index contributed by atoms with van der Waals surface area (Å²) in [5, 5.41) is 13.1. The average Bonchev–Trinajstić information content (AvgIpc) is 3.82. The molecule has 0 heterocycles. The SMILES string of the molecule is CCCC(CCC)S(=O)(=O)C[C@@H](NC(=O)OCC1CC1)OCN(Cc1cccc(CC)c1)C[C@@H](O)[C@@H](N)Cc1cc(F)cc(F)c1. The minimum absolute atomic E-state index is 0.00913. The Morgan fingerprint density at radius 2 is 1.70 bits per heavy atom. The van der Waals surface area contributed by atoms with Crippen LogP contribution in [0.15, 0.2) is 42.5 Å². The summed E-state index contributed by atoms with van der Waals surface area (Å²) in [7, 11) is -3.65. The number of amides is 1. The number of nitrogens with one attached hydrogen (secondary N) is 1. The third-order valence-electron chi connectivity index (χ3n) is 8.14. The molecule has 0 aliphatic heterocycles. The van der Waals surface area contributed by atoms with Gasteiger partial charge in [0.05, 0.1) is 23.7 Å². The van der Waals surface area contributed by atoms with Crippen LogP contribution in [0.1, 0.15) is 76.0 Å². The highest BCUT2D eigenvalue weighted by Gasteiger charge is 2.31. The van der Waals surface area contributed by atoms with Crippen LogP contribution in [-0.4, -0.2) is 73.8 Å². The van der Waals surface area contributed by atoms with E-state index in [2.05, 4.69) is 5.32 Å². The molecule has 9 nitrogen and oxygen atoms in total. The second-order valence-electron chi connectivity index (χ2n) is 12.4. The lowest BCUT2D eigenvalue weighted by molar-refractivity contribution is -0.0457. The van der Waals surface area contributed by atoms with E-state index >= 15 is 0 Å². The van der Waals surface area contributed by atoms with E-state index in [-0.39, 0.29) is 26.3 Å². The fourth-order valence-electron chi connectivity index (χ4n) is 5.38. The number of sulfone groups is 1. The molecule has 0 radical (unpaired) electrons. The lowest BCUT2D eigenvalue weighted by atomic mass is 10.0. The Kier molecular flexibility index (Phi) is 15.3. The highest BCUT2D eigenvalue weighted by atomic mass is 32.2. The Bertz CT molecular complexity index is 1320. The maximum absolute atomic E-state index is 13.8. The second kappa shape index (κ2) is 18.6. The van der Waals surface area contributed by atoms with Crippen LogP contribution in [0.5, 0.6) is 0 Å². The van der Waals surface area contributed by atoms with Crippen molar-refractivity contribution in [1.82, 2.24) is 10.2 Å². The first-order valence-electron chi connectivity index (χ1n) is 16.4. The number of hydrogen-bond acceptors (Lipinski definition) is 8. The van der Waals surface area contributed by atoms with Gasteiger partial charge in [0.25, 0.3) is 0 Å². The van der Waals surface area contributed by atoms with Gasteiger partial charge < -0.3 is 20.3 Å². The summed E-state index contributed by atoms with van der Waals surface area (Å²) in [5.74, 6) is -1.56. The van der Waals surface area contributed by atoms with Crippen LogP contribution in [0, 0.1) is 17.6 Å². The number of ether oxygens (including phenoxy) is 2. The van der Waals surface area contributed by atoms with Crippen molar-refractivity contribution >= 4 is 15.9 Å². The molecule has 0 bridgehead atoms. The van der Waals surface area contributed by atoms with Crippen molar-refractivity contribution in [2.24, 2.45) is 11.7 Å². The normalized spacial score (nSPS) is 15.6. The maximum atomic E-state index is 13.8. The molecule has 258 valence electrons. The van der Waals surface area contributed by atoms with E-state index in [9.17, 15) is 27.1 Å². The van der Waals surface area contributed by atoms with Gasteiger partial charge in [-0.3, -0.25) is 10.2 Å². The fraction of sp³-hybridized carbons (Fsp3) is 0.618. The predicted molar refractivity (Wildman–Crippen MR) is 175 cm³/mol. The minimum atomic E-state index is -3.65. The van der Waals surface area contributed by atoms with Gasteiger partial charge in [-0.2, -0.15) is 0 Å². The molecular formula is C34H51F2N3O6S. The van der Waals surface area contributed by atoms with Gasteiger partial charge in [0.1, 0.15) is 24.6 Å². The molecule has 0 unspecified atom stereocenters. The van der Waals surface area contributed by atoms with Crippen molar-refractivity contribution in [3.8, 4) is 0 Å². The van der Waals surface area contributed by atoms with E-state index < -0.39 is 56.9 Å². The van der Waals surface area contributed by atoms with E-state index in [1.165, 1.54) is 12.1 Å². The lowest BCUT2D eigenvalue weighted by Crippen LogP contribution is -2.48. The molecule has 1 amide bonds. The molecule has 0 aromatic heterocycles. The molecule has 2 aromatic rings. The summed E-state index contributed by atoms with van der Waals surface area (Å²) < 4.78 is 65.9. The molecule has 46 heavy (non-hydrogen) atoms. The standard InChI is InChI=1S/C34H51F2N3O6S/c1-4-8-30(9-5-2)46(42,43)22-33(38-34(41)44-21-25-12-13-25)45-23-39(19-26-11-7-10-24(6-3)14-26)20-32(40)31(37)17-27-15-28(35)18-29(36)16-27/h7,10-11,14-16,18,25,30-33,40H,4-6,8-9,12-13,17,19-23,37H2,1-3H3,(H,38,41)/t31-,32+,33-/m0/s1. The Morgan fingerprint density at radius 3 is 2.30 bits per heavy atom. The van der Waals surface area contributed by atoms with Crippen molar-refractivity contribution in [3.63, 3.8) is 0 Å². The quantitative estimate of drug-likeness (QED) is 0.157. The zero-order chi connectivity index (χ0) is 33.7. The minimum Gasteiger partial charge on any atom is -0.449 e. The Balaban J connectivity index is 1.78. The zero-order valence-corrected chi connectivity index (χ0v) is 28.1. The van der Waals surface area contributed by atoms with Crippen molar-refractivity contribution in [2.45, 2.75) is 102 Å². The smallest absolute Gasteiger partial charge is 0.409 e. The van der Waals surface area contributed by atoms with E-state index in [0.717, 1.165) is 36.5 Å². The highest BCUT2D eigenvalue weighted by molar-refractivity contribution is 7.92. The first kappa shape index (κ1) is 37.8. The van der Waals surface area contributed by atoms with Gasteiger partial charge in [0.2, 0.25) is 0 Å². The molecule has 1 saturated carbocycles. The van der Waals surface area contributed by atoms with Crippen molar-refractivity contribution in [3.05, 3.63) is 70.8 Å². The largest absolute Gasteiger partial charge is 0.449 e. The summed E-state index contributed by atoms with van der Waals surface area (Å²) in [6.45, 7) is 6.36. The Hall–Kier alpha value is -2.64. The second-order valence-corrected chi connectivity index (χ2v) is 14.7. The van der Waals surface area contributed by atoms with Gasteiger partial charge in [0.15, 0.2) is 9.84 Å². The molecule has 4 N–H and O–H groups in total. The molecular weight excluding hydrogens is 616 g/mol. The third kappa shape index (κ3) is 13.2. The van der Waals surface area contributed by atoms with Crippen molar-refractivity contribution in [2.75, 3.05) is 25.6 Å². The van der Waals surface area contributed by atoms with Gasteiger partial charge >= 0.3 is 6.09 Å².